The van der Waals surface area contributed by atoms with Gasteiger partial charge in [-0.3, -0.25) is 9.59 Å². The number of carbonyl (C=O) groups excluding carboxylic acids is 2. The number of carbonyl (C=O) groups is 2. The highest BCUT2D eigenvalue weighted by molar-refractivity contribution is 6.12. The Morgan fingerprint density at radius 3 is 2.56 bits per heavy atom. The molecule has 3 heteroatoms. The molecule has 16 heavy (non-hydrogen) atoms. The van der Waals surface area contributed by atoms with E-state index in [1.165, 1.54) is 0 Å². The minimum Gasteiger partial charge on any atom is -0.458 e. The summed E-state index contributed by atoms with van der Waals surface area (Å²) in [5.41, 5.74) is 0.866. The molecule has 0 bridgehead atoms. The van der Waals surface area contributed by atoms with E-state index in [1.54, 1.807) is 37.3 Å². The van der Waals surface area contributed by atoms with Gasteiger partial charge in [-0.2, -0.15) is 0 Å². The van der Waals surface area contributed by atoms with Gasteiger partial charge in [0, 0.05) is 5.56 Å². The lowest BCUT2D eigenvalue weighted by Crippen LogP contribution is -2.02. The zero-order chi connectivity index (χ0) is 11.5. The predicted octanol–water partition coefficient (Wildman–Crippen LogP) is 2.63. The highest BCUT2D eigenvalue weighted by Crippen LogP contribution is 2.17. The maximum absolute atomic E-state index is 12.0. The molecule has 0 N–H and O–H groups in total. The fourth-order valence-corrected chi connectivity index (χ4v) is 1.54. The van der Waals surface area contributed by atoms with Gasteiger partial charge in [0.1, 0.15) is 5.76 Å². The van der Waals surface area contributed by atoms with Crippen LogP contribution < -0.4 is 0 Å². The molecule has 0 aliphatic rings. The van der Waals surface area contributed by atoms with Crippen LogP contribution in [0.1, 0.15) is 32.2 Å². The van der Waals surface area contributed by atoms with Crippen molar-refractivity contribution in [1.82, 2.24) is 0 Å². The average Bonchev–Trinajstić information content (AvgIpc) is 2.70. The molecule has 0 atom stereocenters. The minimum absolute atomic E-state index is 0.0892. The van der Waals surface area contributed by atoms with E-state index in [1.807, 2.05) is 6.07 Å². The van der Waals surface area contributed by atoms with E-state index < -0.39 is 0 Å². The van der Waals surface area contributed by atoms with Crippen LogP contribution in [-0.4, -0.2) is 12.1 Å². The topological polar surface area (TPSA) is 47.3 Å². The minimum atomic E-state index is -0.195. The number of ketones is 1. The summed E-state index contributed by atoms with van der Waals surface area (Å²) in [6.07, 6.45) is 0.559. The van der Waals surface area contributed by atoms with Crippen LogP contribution in [0.2, 0.25) is 0 Å². The fraction of sp³-hybridized carbons (Fsp3) is 0.0769. The van der Waals surface area contributed by atoms with Gasteiger partial charge in [0.25, 0.3) is 0 Å². The summed E-state index contributed by atoms with van der Waals surface area (Å²) in [6.45, 7) is 1.70. The van der Waals surface area contributed by atoms with E-state index >= 15 is 0 Å². The van der Waals surface area contributed by atoms with Crippen molar-refractivity contribution in [3.05, 3.63) is 59.0 Å². The normalized spacial score (nSPS) is 10.1. The highest BCUT2D eigenvalue weighted by Gasteiger charge is 2.17. The van der Waals surface area contributed by atoms with Crippen molar-refractivity contribution < 1.29 is 14.0 Å². The molecule has 3 nitrogen and oxygen atoms in total. The monoisotopic (exact) mass is 214 g/mol. The lowest BCUT2D eigenvalue weighted by Gasteiger charge is -1.97. The van der Waals surface area contributed by atoms with Gasteiger partial charge in [-0.1, -0.05) is 30.3 Å². The second kappa shape index (κ2) is 4.14. The Labute approximate surface area is 92.7 Å². The molecule has 0 amide bonds. The van der Waals surface area contributed by atoms with Gasteiger partial charge in [0.05, 0.1) is 5.56 Å². The molecular weight excluding hydrogens is 204 g/mol. The molecular formula is C13H10O3. The van der Waals surface area contributed by atoms with Gasteiger partial charge in [-0.05, 0) is 13.0 Å². The molecule has 0 saturated carbocycles. The standard InChI is InChI=1S/C13H10O3/c1-9-7-11(12(8-14)16-9)13(15)10-5-3-2-4-6-10/h2-8H,1H3. The first-order valence-corrected chi connectivity index (χ1v) is 4.87. The van der Waals surface area contributed by atoms with Crippen molar-refractivity contribution in [2.45, 2.75) is 6.92 Å². The third-order valence-electron chi connectivity index (χ3n) is 2.27. The maximum atomic E-state index is 12.0. The molecule has 0 fully saturated rings. The van der Waals surface area contributed by atoms with Crippen molar-refractivity contribution in [2.24, 2.45) is 0 Å². The van der Waals surface area contributed by atoms with Crippen molar-refractivity contribution in [1.29, 1.82) is 0 Å². The van der Waals surface area contributed by atoms with E-state index in [0.717, 1.165) is 0 Å². The van der Waals surface area contributed by atoms with Crippen LogP contribution in [0.5, 0.6) is 0 Å². The van der Waals surface area contributed by atoms with Crippen LogP contribution in [-0.2, 0) is 0 Å². The first-order valence-electron chi connectivity index (χ1n) is 4.87. The third kappa shape index (κ3) is 1.80. The van der Waals surface area contributed by atoms with E-state index in [4.69, 9.17) is 4.42 Å². The third-order valence-corrected chi connectivity index (χ3v) is 2.27. The lowest BCUT2D eigenvalue weighted by molar-refractivity contribution is 0.102. The Kier molecular flexibility index (Phi) is 2.68. The molecule has 1 heterocycles. The van der Waals surface area contributed by atoms with E-state index in [2.05, 4.69) is 0 Å². The van der Waals surface area contributed by atoms with E-state index in [9.17, 15) is 9.59 Å². The molecule has 0 aliphatic carbocycles. The largest absolute Gasteiger partial charge is 0.458 e. The molecule has 2 aromatic rings. The number of furan rings is 1. The second-order valence-electron chi connectivity index (χ2n) is 3.45. The molecule has 0 aliphatic heterocycles. The van der Waals surface area contributed by atoms with Crippen molar-refractivity contribution in [2.75, 3.05) is 0 Å². The molecule has 1 aromatic heterocycles. The maximum Gasteiger partial charge on any atom is 0.197 e. The molecule has 0 unspecified atom stereocenters. The van der Waals surface area contributed by atoms with Gasteiger partial charge in [-0.15, -0.1) is 0 Å². The molecule has 2 rings (SSSR count). The number of aldehydes is 1. The SMILES string of the molecule is Cc1cc(C(=O)c2ccccc2)c(C=O)o1. The smallest absolute Gasteiger partial charge is 0.197 e. The number of aryl methyl sites for hydroxylation is 1. The Morgan fingerprint density at radius 2 is 1.94 bits per heavy atom. The van der Waals surface area contributed by atoms with E-state index in [-0.39, 0.29) is 11.5 Å². The first kappa shape index (κ1) is 10.4. The van der Waals surface area contributed by atoms with Crippen LogP contribution in [0.15, 0.2) is 40.8 Å². The van der Waals surface area contributed by atoms with Crippen LogP contribution in [0.25, 0.3) is 0 Å². The summed E-state index contributed by atoms with van der Waals surface area (Å²) in [7, 11) is 0. The Bertz CT molecular complexity index is 523. The second-order valence-corrected chi connectivity index (χ2v) is 3.45. The predicted molar refractivity (Wildman–Crippen MR) is 58.7 cm³/mol. The number of hydrogen-bond donors (Lipinski definition) is 0. The summed E-state index contributed by atoms with van der Waals surface area (Å²) in [5, 5.41) is 0. The van der Waals surface area contributed by atoms with Crippen molar-refractivity contribution in [3.8, 4) is 0 Å². The Hall–Kier alpha value is -2.16. The summed E-state index contributed by atoms with van der Waals surface area (Å²) in [6, 6.07) is 10.4. The van der Waals surface area contributed by atoms with Gasteiger partial charge in [-0.25, -0.2) is 0 Å². The van der Waals surface area contributed by atoms with Crippen LogP contribution in [0.4, 0.5) is 0 Å². The molecule has 1 aromatic carbocycles. The lowest BCUT2D eigenvalue weighted by atomic mass is 10.0. The van der Waals surface area contributed by atoms with Gasteiger partial charge in [0.15, 0.2) is 17.8 Å². The molecule has 0 radical (unpaired) electrons. The van der Waals surface area contributed by atoms with Crippen LogP contribution in [0.3, 0.4) is 0 Å². The van der Waals surface area contributed by atoms with Crippen molar-refractivity contribution >= 4 is 12.1 Å². The van der Waals surface area contributed by atoms with Gasteiger partial charge in [0.2, 0.25) is 0 Å². The zero-order valence-corrected chi connectivity index (χ0v) is 8.77. The van der Waals surface area contributed by atoms with E-state index in [0.29, 0.717) is 23.2 Å². The summed E-state index contributed by atoms with van der Waals surface area (Å²) >= 11 is 0. The summed E-state index contributed by atoms with van der Waals surface area (Å²) in [5.74, 6) is 0.451. The van der Waals surface area contributed by atoms with Gasteiger partial charge < -0.3 is 4.42 Å². The van der Waals surface area contributed by atoms with Crippen LogP contribution >= 0.6 is 0 Å². The molecule has 0 saturated heterocycles. The van der Waals surface area contributed by atoms with Crippen molar-refractivity contribution in [3.63, 3.8) is 0 Å². The van der Waals surface area contributed by atoms with Crippen LogP contribution in [0, 0.1) is 6.92 Å². The number of hydrogen-bond acceptors (Lipinski definition) is 3. The molecule has 80 valence electrons. The summed E-state index contributed by atoms with van der Waals surface area (Å²) in [4.78, 5) is 22.8. The number of rotatable bonds is 3. The number of benzene rings is 1. The quantitative estimate of drug-likeness (QED) is 0.582. The summed E-state index contributed by atoms with van der Waals surface area (Å²) < 4.78 is 5.12. The molecule has 0 spiro atoms. The Morgan fingerprint density at radius 1 is 1.25 bits per heavy atom. The average molecular weight is 214 g/mol. The van der Waals surface area contributed by atoms with Gasteiger partial charge >= 0.3 is 0 Å². The fourth-order valence-electron chi connectivity index (χ4n) is 1.54. The Balaban J connectivity index is 2.45. The first-order chi connectivity index (χ1) is 7.72. The zero-order valence-electron chi connectivity index (χ0n) is 8.77. The highest BCUT2D eigenvalue weighted by atomic mass is 16.3.